The number of carbonyl (C=O) groups is 1. The number of alkyl halides is 6. The van der Waals surface area contributed by atoms with Crippen LogP contribution in [0.1, 0.15) is 57.7 Å². The number of ether oxygens (including phenoxy) is 2. The van der Waals surface area contributed by atoms with Crippen molar-refractivity contribution in [2.24, 2.45) is 0 Å². The predicted octanol–water partition coefficient (Wildman–Crippen LogP) is 4.41. The van der Waals surface area contributed by atoms with E-state index in [9.17, 15) is 31.1 Å². The van der Waals surface area contributed by atoms with E-state index < -0.39 is 23.5 Å². The van der Waals surface area contributed by atoms with Gasteiger partial charge in [-0.15, -0.1) is 0 Å². The van der Waals surface area contributed by atoms with Gasteiger partial charge in [-0.05, 0) is 49.9 Å². The van der Waals surface area contributed by atoms with Crippen molar-refractivity contribution in [3.05, 3.63) is 58.2 Å². The van der Waals surface area contributed by atoms with Crippen molar-refractivity contribution in [1.82, 2.24) is 20.2 Å². The molecule has 0 bridgehead atoms. The predicted molar refractivity (Wildman–Crippen MR) is 128 cm³/mol. The molecule has 0 radical (unpaired) electrons. The molecule has 4 rings (SSSR count). The Kier molecular flexibility index (Phi) is 8.82. The second kappa shape index (κ2) is 11.8. The van der Waals surface area contributed by atoms with Crippen LogP contribution in [0.25, 0.3) is 0 Å². The Morgan fingerprint density at radius 3 is 2.28 bits per heavy atom. The molecule has 7 nitrogen and oxygen atoms in total. The standard InChI is InChI=1S/C26H30F6N4O3/c1-15-21(11-16-9-17(25(27,28)29)12-18(10-16)26(30,31)32)33-14-34-23(15)24(37)36-6-3-19(4-7-36)35-20-5-8-39-13-22(20)38-2/h9-10,12,14,19-20,22,35H,3-8,11,13H2,1-2H3. The van der Waals surface area contributed by atoms with Crippen LogP contribution in [0.4, 0.5) is 26.3 Å². The summed E-state index contributed by atoms with van der Waals surface area (Å²) in [6, 6.07) is 1.78. The van der Waals surface area contributed by atoms with E-state index in [1.165, 1.54) is 0 Å². The van der Waals surface area contributed by atoms with Crippen molar-refractivity contribution in [3.8, 4) is 0 Å². The monoisotopic (exact) mass is 560 g/mol. The summed E-state index contributed by atoms with van der Waals surface area (Å²) in [7, 11) is 1.65. The van der Waals surface area contributed by atoms with Gasteiger partial charge in [-0.2, -0.15) is 26.3 Å². The number of benzene rings is 1. The van der Waals surface area contributed by atoms with E-state index in [0.717, 1.165) is 12.7 Å². The fourth-order valence-electron chi connectivity index (χ4n) is 5.03. The largest absolute Gasteiger partial charge is 0.416 e. The number of hydrogen-bond donors (Lipinski definition) is 1. The first kappa shape index (κ1) is 29.2. The lowest BCUT2D eigenvalue weighted by Gasteiger charge is -2.38. The normalized spacial score (nSPS) is 21.3. The van der Waals surface area contributed by atoms with Crippen LogP contribution in [0.2, 0.25) is 0 Å². The molecule has 0 aliphatic carbocycles. The van der Waals surface area contributed by atoms with Crippen LogP contribution >= 0.6 is 0 Å². The first-order valence-corrected chi connectivity index (χ1v) is 12.6. The Labute approximate surface area is 221 Å². The molecule has 1 aromatic carbocycles. The van der Waals surface area contributed by atoms with E-state index in [1.807, 2.05) is 0 Å². The van der Waals surface area contributed by atoms with Gasteiger partial charge in [0.1, 0.15) is 12.0 Å². The van der Waals surface area contributed by atoms with Gasteiger partial charge in [0.2, 0.25) is 0 Å². The molecular weight excluding hydrogens is 530 g/mol. The fourth-order valence-corrected chi connectivity index (χ4v) is 5.03. The lowest BCUT2D eigenvalue weighted by Crippen LogP contribution is -2.54. The summed E-state index contributed by atoms with van der Waals surface area (Å²) >= 11 is 0. The minimum Gasteiger partial charge on any atom is -0.379 e. The number of aromatic nitrogens is 2. The highest BCUT2D eigenvalue weighted by atomic mass is 19.4. The van der Waals surface area contributed by atoms with E-state index in [1.54, 1.807) is 18.9 Å². The first-order chi connectivity index (χ1) is 18.4. The molecular formula is C26H30F6N4O3. The molecule has 2 aliphatic rings. The van der Waals surface area contributed by atoms with Crippen molar-refractivity contribution in [2.45, 2.75) is 63.1 Å². The number of rotatable bonds is 6. The number of methoxy groups -OCH3 is 1. The lowest BCUT2D eigenvalue weighted by molar-refractivity contribution is -0.143. The van der Waals surface area contributed by atoms with Crippen LogP contribution in [-0.4, -0.2) is 72.4 Å². The van der Waals surface area contributed by atoms with Crippen molar-refractivity contribution >= 4 is 5.91 Å². The van der Waals surface area contributed by atoms with Crippen molar-refractivity contribution < 1.29 is 40.6 Å². The van der Waals surface area contributed by atoms with Gasteiger partial charge in [-0.3, -0.25) is 4.79 Å². The van der Waals surface area contributed by atoms with Crippen LogP contribution in [0.5, 0.6) is 0 Å². The molecule has 0 saturated carbocycles. The first-order valence-electron chi connectivity index (χ1n) is 12.6. The Hall–Kier alpha value is -2.77. The van der Waals surface area contributed by atoms with E-state index in [4.69, 9.17) is 9.47 Å². The average Bonchev–Trinajstić information content (AvgIpc) is 2.89. The molecule has 2 aromatic rings. The molecule has 2 saturated heterocycles. The summed E-state index contributed by atoms with van der Waals surface area (Å²) < 4.78 is 90.6. The Morgan fingerprint density at radius 2 is 1.69 bits per heavy atom. The molecule has 2 aliphatic heterocycles. The van der Waals surface area contributed by atoms with Crippen LogP contribution in [0.3, 0.4) is 0 Å². The van der Waals surface area contributed by atoms with E-state index in [0.29, 0.717) is 56.8 Å². The zero-order valence-electron chi connectivity index (χ0n) is 21.5. The summed E-state index contributed by atoms with van der Waals surface area (Å²) in [5.41, 5.74) is -2.43. The molecule has 39 heavy (non-hydrogen) atoms. The Balaban J connectivity index is 1.46. The molecule has 1 N–H and O–H groups in total. The molecule has 2 fully saturated rings. The number of likely N-dealkylation sites (tertiary alicyclic amines) is 1. The maximum Gasteiger partial charge on any atom is 0.416 e. The molecule has 13 heteroatoms. The zero-order valence-corrected chi connectivity index (χ0v) is 21.5. The Morgan fingerprint density at radius 1 is 1.05 bits per heavy atom. The van der Waals surface area contributed by atoms with Gasteiger partial charge in [0.25, 0.3) is 5.91 Å². The third-order valence-electron chi connectivity index (χ3n) is 7.25. The summed E-state index contributed by atoms with van der Waals surface area (Å²) in [6.07, 6.45) is -6.90. The second-order valence-electron chi connectivity index (χ2n) is 9.86. The fraction of sp³-hybridized carbons (Fsp3) is 0.577. The average molecular weight is 561 g/mol. The SMILES string of the molecule is COC1COCCC1NC1CCN(C(=O)c2ncnc(Cc3cc(C(F)(F)F)cc(C(F)(F)F)c3)c2C)CC1. The number of nitrogens with zero attached hydrogens (tertiary/aromatic N) is 3. The van der Waals surface area contributed by atoms with Gasteiger partial charge in [0.05, 0.1) is 29.5 Å². The highest BCUT2D eigenvalue weighted by Crippen LogP contribution is 2.37. The number of hydrogen-bond acceptors (Lipinski definition) is 6. The number of nitrogens with one attached hydrogen (secondary N) is 1. The molecule has 1 amide bonds. The van der Waals surface area contributed by atoms with Gasteiger partial charge >= 0.3 is 12.4 Å². The number of amides is 1. The summed E-state index contributed by atoms with van der Waals surface area (Å²) in [6.45, 7) is 3.67. The third-order valence-corrected chi connectivity index (χ3v) is 7.25. The molecule has 214 valence electrons. The summed E-state index contributed by atoms with van der Waals surface area (Å²) in [4.78, 5) is 23.1. The van der Waals surface area contributed by atoms with E-state index >= 15 is 0 Å². The van der Waals surface area contributed by atoms with Crippen molar-refractivity contribution in [1.29, 1.82) is 0 Å². The third kappa shape index (κ3) is 7.06. The zero-order chi connectivity index (χ0) is 28.4. The van der Waals surface area contributed by atoms with Gasteiger partial charge < -0.3 is 19.7 Å². The highest BCUT2D eigenvalue weighted by molar-refractivity contribution is 5.93. The van der Waals surface area contributed by atoms with E-state index in [2.05, 4.69) is 15.3 Å². The summed E-state index contributed by atoms with van der Waals surface area (Å²) in [5, 5.41) is 3.61. The topological polar surface area (TPSA) is 76.6 Å². The maximum absolute atomic E-state index is 13.3. The summed E-state index contributed by atoms with van der Waals surface area (Å²) in [5.74, 6) is -0.351. The molecule has 2 unspecified atom stereocenters. The quantitative estimate of drug-likeness (QED) is 0.528. The molecule has 2 atom stereocenters. The van der Waals surface area contributed by atoms with Crippen molar-refractivity contribution in [2.75, 3.05) is 33.4 Å². The molecule has 3 heterocycles. The van der Waals surface area contributed by atoms with Crippen LogP contribution < -0.4 is 5.32 Å². The van der Waals surface area contributed by atoms with E-state index in [-0.39, 0.29) is 53.5 Å². The maximum atomic E-state index is 13.3. The minimum absolute atomic E-state index is 0.0375. The van der Waals surface area contributed by atoms with Crippen LogP contribution in [-0.2, 0) is 28.2 Å². The van der Waals surface area contributed by atoms with Crippen LogP contribution in [0, 0.1) is 6.92 Å². The number of piperidine rings is 1. The highest BCUT2D eigenvalue weighted by Gasteiger charge is 2.37. The van der Waals surface area contributed by atoms with Gasteiger partial charge in [0, 0.05) is 50.9 Å². The van der Waals surface area contributed by atoms with Gasteiger partial charge in [-0.1, -0.05) is 0 Å². The smallest absolute Gasteiger partial charge is 0.379 e. The number of halogens is 6. The van der Waals surface area contributed by atoms with Crippen molar-refractivity contribution in [3.63, 3.8) is 0 Å². The van der Waals surface area contributed by atoms with Gasteiger partial charge in [0.15, 0.2) is 0 Å². The second-order valence-corrected chi connectivity index (χ2v) is 9.86. The number of carbonyl (C=O) groups excluding carboxylic acids is 1. The molecule has 1 aromatic heterocycles. The minimum atomic E-state index is -4.95. The Bertz CT molecular complexity index is 1130. The van der Waals surface area contributed by atoms with Gasteiger partial charge in [-0.25, -0.2) is 9.97 Å². The lowest BCUT2D eigenvalue weighted by atomic mass is 9.98. The van der Waals surface area contributed by atoms with Crippen LogP contribution in [0.15, 0.2) is 24.5 Å². The molecule has 0 spiro atoms.